The van der Waals surface area contributed by atoms with Gasteiger partial charge in [-0.1, -0.05) is 11.6 Å². The molecule has 0 saturated carbocycles. The molecule has 0 amide bonds. The number of aromatic nitrogens is 4. The van der Waals surface area contributed by atoms with Crippen molar-refractivity contribution in [2.45, 2.75) is 13.5 Å². The van der Waals surface area contributed by atoms with Gasteiger partial charge in [-0.05, 0) is 13.0 Å². The molecule has 0 spiro atoms. The Hall–Kier alpha value is -1.20. The minimum Gasteiger partial charge on any atom is -0.388 e. The quantitative estimate of drug-likeness (QED) is 0.681. The van der Waals surface area contributed by atoms with Crippen LogP contribution >= 0.6 is 11.6 Å². The van der Waals surface area contributed by atoms with E-state index in [1.165, 1.54) is 4.52 Å². The Morgan fingerprint density at radius 1 is 1.54 bits per heavy atom. The zero-order chi connectivity index (χ0) is 9.42. The first-order valence-corrected chi connectivity index (χ1v) is 4.08. The summed E-state index contributed by atoms with van der Waals surface area (Å²) < 4.78 is 1.39. The van der Waals surface area contributed by atoms with Crippen LogP contribution in [0.25, 0.3) is 5.78 Å². The second kappa shape index (κ2) is 2.93. The lowest BCUT2D eigenvalue weighted by Crippen LogP contribution is -1.94. The Bertz CT molecular complexity index is 453. The van der Waals surface area contributed by atoms with E-state index in [-0.39, 0.29) is 6.61 Å². The van der Waals surface area contributed by atoms with Crippen molar-refractivity contribution in [1.29, 1.82) is 0 Å². The van der Waals surface area contributed by atoms with Crippen molar-refractivity contribution in [2.24, 2.45) is 0 Å². The predicted octanol–water partition coefficient (Wildman–Crippen LogP) is 0.578. The van der Waals surface area contributed by atoms with Crippen molar-refractivity contribution in [2.75, 3.05) is 0 Å². The predicted molar refractivity (Wildman–Crippen MR) is 46.5 cm³/mol. The summed E-state index contributed by atoms with van der Waals surface area (Å²) >= 11 is 5.87. The molecule has 0 atom stereocenters. The van der Waals surface area contributed by atoms with Crippen LogP contribution in [0.3, 0.4) is 0 Å². The number of nitrogens with zero attached hydrogens (tertiary/aromatic N) is 4. The molecule has 0 unspecified atom stereocenters. The first kappa shape index (κ1) is 8.40. The summed E-state index contributed by atoms with van der Waals surface area (Å²) in [4.78, 5) is 8.06. The molecular weight excluding hydrogens is 192 g/mol. The second-order valence-electron chi connectivity index (χ2n) is 2.62. The van der Waals surface area contributed by atoms with E-state index in [9.17, 15) is 0 Å². The lowest BCUT2D eigenvalue weighted by Gasteiger charge is -1.95. The van der Waals surface area contributed by atoms with E-state index in [4.69, 9.17) is 16.7 Å². The fourth-order valence-electron chi connectivity index (χ4n) is 1.05. The lowest BCUT2D eigenvalue weighted by atomic mass is 10.5. The molecular formula is C7H7ClN4O. The number of rotatable bonds is 1. The summed E-state index contributed by atoms with van der Waals surface area (Å²) in [5.41, 5.74) is 0.773. The van der Waals surface area contributed by atoms with E-state index in [0.717, 1.165) is 5.69 Å². The third-order valence-corrected chi connectivity index (χ3v) is 1.85. The highest BCUT2D eigenvalue weighted by molar-refractivity contribution is 6.29. The SMILES string of the molecule is Cc1cc(Cl)n2nc(CO)nc2n1. The third kappa shape index (κ3) is 1.36. The van der Waals surface area contributed by atoms with Crippen molar-refractivity contribution in [3.05, 3.63) is 22.7 Å². The largest absolute Gasteiger partial charge is 0.388 e. The van der Waals surface area contributed by atoms with Crippen LogP contribution in [0, 0.1) is 6.92 Å². The minimum absolute atomic E-state index is 0.210. The highest BCUT2D eigenvalue weighted by Crippen LogP contribution is 2.10. The second-order valence-corrected chi connectivity index (χ2v) is 3.01. The smallest absolute Gasteiger partial charge is 0.254 e. The van der Waals surface area contributed by atoms with Crippen LogP contribution in [0.2, 0.25) is 5.15 Å². The first-order chi connectivity index (χ1) is 6.20. The Morgan fingerprint density at radius 2 is 2.31 bits per heavy atom. The summed E-state index contributed by atoms with van der Waals surface area (Å²) in [7, 11) is 0. The fourth-order valence-corrected chi connectivity index (χ4v) is 1.32. The van der Waals surface area contributed by atoms with E-state index in [2.05, 4.69) is 15.1 Å². The van der Waals surface area contributed by atoms with Gasteiger partial charge in [0.1, 0.15) is 11.8 Å². The van der Waals surface area contributed by atoms with Gasteiger partial charge in [0.05, 0.1) is 0 Å². The normalized spacial score (nSPS) is 11.0. The van der Waals surface area contributed by atoms with Crippen LogP contribution in [-0.4, -0.2) is 24.7 Å². The molecule has 13 heavy (non-hydrogen) atoms. The lowest BCUT2D eigenvalue weighted by molar-refractivity contribution is 0.271. The van der Waals surface area contributed by atoms with Crippen LogP contribution < -0.4 is 0 Å². The minimum atomic E-state index is -0.210. The monoisotopic (exact) mass is 198 g/mol. The Labute approximate surface area is 79.0 Å². The van der Waals surface area contributed by atoms with Crippen LogP contribution in [-0.2, 0) is 6.61 Å². The van der Waals surface area contributed by atoms with Gasteiger partial charge in [0.2, 0.25) is 0 Å². The van der Waals surface area contributed by atoms with Gasteiger partial charge < -0.3 is 5.11 Å². The number of aliphatic hydroxyl groups is 1. The molecule has 68 valence electrons. The maximum absolute atomic E-state index is 8.79. The molecule has 0 radical (unpaired) electrons. The van der Waals surface area contributed by atoms with Gasteiger partial charge in [0.15, 0.2) is 5.82 Å². The van der Waals surface area contributed by atoms with E-state index in [0.29, 0.717) is 16.8 Å². The highest BCUT2D eigenvalue weighted by Gasteiger charge is 2.06. The van der Waals surface area contributed by atoms with Crippen molar-refractivity contribution in [3.8, 4) is 0 Å². The molecule has 2 aromatic heterocycles. The van der Waals surface area contributed by atoms with Crippen molar-refractivity contribution in [1.82, 2.24) is 19.6 Å². The summed E-state index contributed by atoms with van der Waals surface area (Å²) in [6, 6.07) is 1.68. The molecule has 6 heteroatoms. The third-order valence-electron chi connectivity index (χ3n) is 1.58. The molecule has 2 rings (SSSR count). The molecule has 0 aromatic carbocycles. The molecule has 0 aliphatic carbocycles. The van der Waals surface area contributed by atoms with Gasteiger partial charge in [0.25, 0.3) is 5.78 Å². The molecule has 1 N–H and O–H groups in total. The number of hydrogen-bond donors (Lipinski definition) is 1. The number of fused-ring (bicyclic) bond motifs is 1. The summed E-state index contributed by atoms with van der Waals surface area (Å²) in [6.45, 7) is 1.61. The zero-order valence-corrected chi connectivity index (χ0v) is 7.65. The number of aliphatic hydroxyl groups excluding tert-OH is 1. The number of halogens is 1. The molecule has 0 fully saturated rings. The maximum atomic E-state index is 8.79. The zero-order valence-electron chi connectivity index (χ0n) is 6.90. The topological polar surface area (TPSA) is 63.3 Å². The summed E-state index contributed by atoms with van der Waals surface area (Å²) in [5.74, 6) is 0.731. The molecule has 0 bridgehead atoms. The Morgan fingerprint density at radius 3 is 3.00 bits per heavy atom. The average Bonchev–Trinajstić information content (AvgIpc) is 2.47. The van der Waals surface area contributed by atoms with E-state index in [1.807, 2.05) is 6.92 Å². The molecule has 2 heterocycles. The van der Waals surface area contributed by atoms with Crippen molar-refractivity contribution >= 4 is 17.4 Å². The van der Waals surface area contributed by atoms with Crippen LogP contribution in [0.1, 0.15) is 11.5 Å². The van der Waals surface area contributed by atoms with Gasteiger partial charge in [-0.3, -0.25) is 0 Å². The van der Waals surface area contributed by atoms with Gasteiger partial charge in [-0.2, -0.15) is 9.50 Å². The molecule has 0 saturated heterocycles. The summed E-state index contributed by atoms with van der Waals surface area (Å²) in [5, 5.41) is 13.2. The van der Waals surface area contributed by atoms with Gasteiger partial charge >= 0.3 is 0 Å². The van der Waals surface area contributed by atoms with Crippen LogP contribution in [0.5, 0.6) is 0 Å². The van der Waals surface area contributed by atoms with Crippen LogP contribution in [0.4, 0.5) is 0 Å². The van der Waals surface area contributed by atoms with E-state index >= 15 is 0 Å². The van der Waals surface area contributed by atoms with Gasteiger partial charge in [-0.15, -0.1) is 5.10 Å². The Balaban J connectivity index is 2.75. The van der Waals surface area contributed by atoms with Crippen molar-refractivity contribution < 1.29 is 5.11 Å². The fraction of sp³-hybridized carbons (Fsp3) is 0.286. The average molecular weight is 199 g/mol. The van der Waals surface area contributed by atoms with Crippen molar-refractivity contribution in [3.63, 3.8) is 0 Å². The number of hydrogen-bond acceptors (Lipinski definition) is 4. The standard InChI is InChI=1S/C7H7ClN4O/c1-4-2-5(8)12-7(9-4)10-6(3-13)11-12/h2,13H,3H2,1H3. The van der Waals surface area contributed by atoms with Crippen LogP contribution in [0.15, 0.2) is 6.07 Å². The highest BCUT2D eigenvalue weighted by atomic mass is 35.5. The van der Waals surface area contributed by atoms with Gasteiger partial charge in [-0.25, -0.2) is 4.98 Å². The van der Waals surface area contributed by atoms with E-state index in [1.54, 1.807) is 6.07 Å². The Kier molecular flexibility index (Phi) is 1.90. The molecule has 5 nitrogen and oxygen atoms in total. The maximum Gasteiger partial charge on any atom is 0.254 e. The van der Waals surface area contributed by atoms with Gasteiger partial charge in [0, 0.05) is 5.69 Å². The van der Waals surface area contributed by atoms with E-state index < -0.39 is 0 Å². The first-order valence-electron chi connectivity index (χ1n) is 3.70. The number of aryl methyl sites for hydroxylation is 1. The molecule has 0 aliphatic rings. The molecule has 0 aliphatic heterocycles. The summed E-state index contributed by atoms with van der Waals surface area (Å²) in [6.07, 6.45) is 0. The molecule has 2 aromatic rings.